The van der Waals surface area contributed by atoms with Crippen LogP contribution in [0.1, 0.15) is 26.2 Å². The summed E-state index contributed by atoms with van der Waals surface area (Å²) in [5, 5.41) is 0. The van der Waals surface area contributed by atoms with E-state index in [1.54, 1.807) is 7.11 Å². The van der Waals surface area contributed by atoms with Crippen molar-refractivity contribution in [3.05, 3.63) is 23.0 Å². The molecular formula is C15H20N2OS. The summed E-state index contributed by atoms with van der Waals surface area (Å²) in [6.07, 6.45) is 4.00. The Morgan fingerprint density at radius 3 is 2.95 bits per heavy atom. The number of H-pyrrole nitrogens is 1. The third-order valence-corrected chi connectivity index (χ3v) is 4.55. The quantitative estimate of drug-likeness (QED) is 0.854. The first kappa shape index (κ1) is 12.7. The Hall–Kier alpha value is -1.29. The van der Waals surface area contributed by atoms with Crippen molar-refractivity contribution in [3.8, 4) is 5.75 Å². The normalized spacial score (nSPS) is 23.1. The SMILES string of the molecule is COc1ccc2c(c1)[nH]c(=S)n2CC1CCC(C)C1. The summed E-state index contributed by atoms with van der Waals surface area (Å²) < 4.78 is 8.32. The zero-order chi connectivity index (χ0) is 13.4. The van der Waals surface area contributed by atoms with Crippen molar-refractivity contribution in [1.29, 1.82) is 0 Å². The standard InChI is InChI=1S/C15H20N2OS/c1-10-3-4-11(7-10)9-17-14-6-5-12(18-2)8-13(14)16-15(17)19/h5-6,8,10-11H,3-4,7,9H2,1-2H3,(H,16,19). The first-order valence-electron chi connectivity index (χ1n) is 6.94. The average Bonchev–Trinajstić information content (AvgIpc) is 2.94. The second-order valence-corrected chi connectivity index (χ2v) is 6.09. The third kappa shape index (κ3) is 2.41. The van der Waals surface area contributed by atoms with Crippen LogP contribution >= 0.6 is 12.2 Å². The molecule has 1 aromatic heterocycles. The number of aromatic nitrogens is 2. The molecule has 1 heterocycles. The molecule has 3 nitrogen and oxygen atoms in total. The van der Waals surface area contributed by atoms with E-state index in [0.717, 1.165) is 34.4 Å². The molecule has 0 aliphatic heterocycles. The van der Waals surface area contributed by atoms with Gasteiger partial charge >= 0.3 is 0 Å². The second-order valence-electron chi connectivity index (χ2n) is 5.71. The van der Waals surface area contributed by atoms with Crippen molar-refractivity contribution in [2.75, 3.05) is 7.11 Å². The van der Waals surface area contributed by atoms with Crippen LogP contribution in [0.4, 0.5) is 0 Å². The topological polar surface area (TPSA) is 29.9 Å². The van der Waals surface area contributed by atoms with E-state index in [0.29, 0.717) is 0 Å². The van der Waals surface area contributed by atoms with Gasteiger partial charge in [-0.25, -0.2) is 0 Å². The number of ether oxygens (including phenoxy) is 1. The minimum Gasteiger partial charge on any atom is -0.497 e. The summed E-state index contributed by atoms with van der Waals surface area (Å²) in [6.45, 7) is 3.38. The number of rotatable bonds is 3. The highest BCUT2D eigenvalue weighted by Crippen LogP contribution is 2.32. The number of aromatic amines is 1. The van der Waals surface area contributed by atoms with Gasteiger partial charge in [0.2, 0.25) is 0 Å². The largest absolute Gasteiger partial charge is 0.497 e. The Labute approximate surface area is 118 Å². The van der Waals surface area contributed by atoms with Gasteiger partial charge in [0, 0.05) is 12.6 Å². The van der Waals surface area contributed by atoms with Gasteiger partial charge in [0.1, 0.15) is 5.75 Å². The smallest absolute Gasteiger partial charge is 0.178 e. The van der Waals surface area contributed by atoms with Gasteiger partial charge in [0.15, 0.2) is 4.77 Å². The average molecular weight is 276 g/mol. The lowest BCUT2D eigenvalue weighted by atomic mass is 10.1. The van der Waals surface area contributed by atoms with Crippen LogP contribution in [0, 0.1) is 16.6 Å². The lowest BCUT2D eigenvalue weighted by Crippen LogP contribution is -2.07. The lowest BCUT2D eigenvalue weighted by molar-refractivity contribution is 0.415. The van der Waals surface area contributed by atoms with E-state index in [1.807, 2.05) is 12.1 Å². The second kappa shape index (κ2) is 5.00. The molecule has 1 aliphatic carbocycles. The molecule has 1 saturated carbocycles. The van der Waals surface area contributed by atoms with Gasteiger partial charge in [-0.3, -0.25) is 0 Å². The third-order valence-electron chi connectivity index (χ3n) is 4.23. The van der Waals surface area contributed by atoms with Gasteiger partial charge in [-0.2, -0.15) is 0 Å². The van der Waals surface area contributed by atoms with Crippen LogP contribution in [0.15, 0.2) is 18.2 Å². The van der Waals surface area contributed by atoms with Crippen molar-refractivity contribution in [1.82, 2.24) is 9.55 Å². The zero-order valence-corrected chi connectivity index (χ0v) is 12.3. The van der Waals surface area contributed by atoms with Crippen molar-refractivity contribution in [2.24, 2.45) is 11.8 Å². The molecule has 2 atom stereocenters. The molecule has 1 fully saturated rings. The highest BCUT2D eigenvalue weighted by Gasteiger charge is 2.22. The number of benzene rings is 1. The van der Waals surface area contributed by atoms with Crippen molar-refractivity contribution < 1.29 is 4.74 Å². The van der Waals surface area contributed by atoms with Crippen LogP contribution in [0.2, 0.25) is 0 Å². The minimum atomic E-state index is 0.766. The highest BCUT2D eigenvalue weighted by molar-refractivity contribution is 7.71. The molecular weight excluding hydrogens is 256 g/mol. The molecule has 1 aromatic carbocycles. The molecule has 0 bridgehead atoms. The van der Waals surface area contributed by atoms with E-state index in [4.69, 9.17) is 17.0 Å². The Bertz CT molecular complexity index is 643. The van der Waals surface area contributed by atoms with Crippen LogP contribution in [-0.4, -0.2) is 16.7 Å². The Kier molecular flexibility index (Phi) is 3.35. The molecule has 2 aromatic rings. The Morgan fingerprint density at radius 1 is 1.42 bits per heavy atom. The number of hydrogen-bond acceptors (Lipinski definition) is 2. The van der Waals surface area contributed by atoms with Gasteiger partial charge in [-0.15, -0.1) is 0 Å². The molecule has 0 radical (unpaired) electrons. The van der Waals surface area contributed by atoms with Crippen LogP contribution in [0.5, 0.6) is 5.75 Å². The Morgan fingerprint density at radius 2 is 2.26 bits per heavy atom. The summed E-state index contributed by atoms with van der Waals surface area (Å²) in [6, 6.07) is 6.11. The summed E-state index contributed by atoms with van der Waals surface area (Å²) in [4.78, 5) is 3.28. The number of imidazole rings is 1. The van der Waals surface area contributed by atoms with Crippen molar-refractivity contribution in [2.45, 2.75) is 32.7 Å². The number of fused-ring (bicyclic) bond motifs is 1. The van der Waals surface area contributed by atoms with Gasteiger partial charge in [-0.05, 0) is 49.0 Å². The molecule has 0 spiro atoms. The van der Waals surface area contributed by atoms with Crippen LogP contribution < -0.4 is 4.74 Å². The number of nitrogens with zero attached hydrogens (tertiary/aromatic N) is 1. The predicted molar refractivity (Wildman–Crippen MR) is 80.2 cm³/mol. The van der Waals surface area contributed by atoms with Gasteiger partial charge in [-0.1, -0.05) is 13.3 Å². The molecule has 1 N–H and O–H groups in total. The van der Waals surface area contributed by atoms with Crippen LogP contribution in [0.25, 0.3) is 11.0 Å². The highest BCUT2D eigenvalue weighted by atomic mass is 32.1. The van der Waals surface area contributed by atoms with E-state index in [2.05, 4.69) is 22.5 Å². The fraction of sp³-hybridized carbons (Fsp3) is 0.533. The maximum Gasteiger partial charge on any atom is 0.178 e. The number of hydrogen-bond donors (Lipinski definition) is 1. The predicted octanol–water partition coefficient (Wildman–Crippen LogP) is 4.14. The maximum absolute atomic E-state index is 5.46. The minimum absolute atomic E-state index is 0.766. The van der Waals surface area contributed by atoms with Crippen LogP contribution in [0.3, 0.4) is 0 Å². The molecule has 0 amide bonds. The van der Waals surface area contributed by atoms with Gasteiger partial charge in [0.25, 0.3) is 0 Å². The summed E-state index contributed by atoms with van der Waals surface area (Å²) in [5.41, 5.74) is 2.25. The molecule has 19 heavy (non-hydrogen) atoms. The lowest BCUT2D eigenvalue weighted by Gasteiger charge is -2.11. The number of methoxy groups -OCH3 is 1. The molecule has 0 saturated heterocycles. The Balaban J connectivity index is 1.94. The molecule has 4 heteroatoms. The number of nitrogens with one attached hydrogen (secondary N) is 1. The van der Waals surface area contributed by atoms with E-state index in [9.17, 15) is 0 Å². The van der Waals surface area contributed by atoms with E-state index >= 15 is 0 Å². The van der Waals surface area contributed by atoms with E-state index < -0.39 is 0 Å². The van der Waals surface area contributed by atoms with Crippen molar-refractivity contribution >= 4 is 23.3 Å². The molecule has 102 valence electrons. The molecule has 2 unspecified atom stereocenters. The summed E-state index contributed by atoms with van der Waals surface area (Å²) >= 11 is 5.46. The first-order valence-corrected chi connectivity index (χ1v) is 7.34. The van der Waals surface area contributed by atoms with Gasteiger partial charge in [0.05, 0.1) is 18.1 Å². The fourth-order valence-electron chi connectivity index (χ4n) is 3.20. The van der Waals surface area contributed by atoms with Crippen LogP contribution in [-0.2, 0) is 6.54 Å². The van der Waals surface area contributed by atoms with E-state index in [1.165, 1.54) is 24.8 Å². The summed E-state index contributed by atoms with van der Waals surface area (Å²) in [5.74, 6) is 2.50. The van der Waals surface area contributed by atoms with Crippen molar-refractivity contribution in [3.63, 3.8) is 0 Å². The monoisotopic (exact) mass is 276 g/mol. The first-order chi connectivity index (χ1) is 9.17. The maximum atomic E-state index is 5.46. The molecule has 3 rings (SSSR count). The summed E-state index contributed by atoms with van der Waals surface area (Å²) in [7, 11) is 1.69. The van der Waals surface area contributed by atoms with E-state index in [-0.39, 0.29) is 0 Å². The molecule has 1 aliphatic rings. The zero-order valence-electron chi connectivity index (χ0n) is 11.5. The fourth-order valence-corrected chi connectivity index (χ4v) is 3.48. The van der Waals surface area contributed by atoms with Gasteiger partial charge < -0.3 is 14.3 Å².